The van der Waals surface area contributed by atoms with Crippen LogP contribution in [0.2, 0.25) is 0 Å². The third-order valence-corrected chi connectivity index (χ3v) is 3.14. The first kappa shape index (κ1) is 11.9. The van der Waals surface area contributed by atoms with E-state index < -0.39 is 0 Å². The van der Waals surface area contributed by atoms with Gasteiger partial charge >= 0.3 is 6.03 Å². The Balaban J connectivity index is 1.99. The maximum atomic E-state index is 11.7. The maximum Gasteiger partial charge on any atom is 0.319 e. The number of nitrogens with one attached hydrogen (secondary N) is 2. The zero-order chi connectivity index (χ0) is 12.3. The first-order valence-corrected chi connectivity index (χ1v) is 6.09. The van der Waals surface area contributed by atoms with E-state index in [2.05, 4.69) is 10.6 Å². The fourth-order valence-corrected chi connectivity index (χ4v) is 1.90. The summed E-state index contributed by atoms with van der Waals surface area (Å²) in [6.07, 6.45) is 3.38. The molecule has 1 aliphatic rings. The average Bonchev–Trinajstić information content (AvgIpc) is 2.24. The van der Waals surface area contributed by atoms with E-state index in [0.29, 0.717) is 6.04 Å². The van der Waals surface area contributed by atoms with Gasteiger partial charge in [-0.25, -0.2) is 4.79 Å². The van der Waals surface area contributed by atoms with Crippen molar-refractivity contribution in [3.8, 4) is 0 Å². The van der Waals surface area contributed by atoms with Gasteiger partial charge in [-0.15, -0.1) is 0 Å². The summed E-state index contributed by atoms with van der Waals surface area (Å²) in [6.45, 7) is 1.91. The lowest BCUT2D eigenvalue weighted by atomic mass is 9.93. The zero-order valence-corrected chi connectivity index (χ0v) is 10.1. The molecule has 4 N–H and O–H groups in total. The van der Waals surface area contributed by atoms with Crippen LogP contribution in [-0.4, -0.2) is 12.1 Å². The zero-order valence-electron chi connectivity index (χ0n) is 10.1. The Morgan fingerprint density at radius 2 is 2.12 bits per heavy atom. The van der Waals surface area contributed by atoms with Gasteiger partial charge in [-0.2, -0.15) is 0 Å². The fourth-order valence-electron chi connectivity index (χ4n) is 1.90. The maximum absolute atomic E-state index is 11.7. The number of rotatable bonds is 3. The van der Waals surface area contributed by atoms with Crippen LogP contribution < -0.4 is 16.4 Å². The number of carbonyl (C=O) groups is 1. The molecular formula is C13H19N3O. The van der Waals surface area contributed by atoms with E-state index in [9.17, 15) is 4.79 Å². The molecule has 1 unspecified atom stereocenters. The highest BCUT2D eigenvalue weighted by atomic mass is 16.2. The minimum Gasteiger partial charge on any atom is -0.335 e. The van der Waals surface area contributed by atoms with Gasteiger partial charge in [-0.05, 0) is 37.8 Å². The molecule has 1 atom stereocenters. The minimum absolute atomic E-state index is 0.0878. The standard InChI is InChI=1S/C13H19N3O/c1-9(14)11-7-2-3-8-12(11)16-13(17)15-10-5-4-6-10/h2-3,7-10H,4-6,14H2,1H3,(H2,15,16,17). The van der Waals surface area contributed by atoms with E-state index in [4.69, 9.17) is 5.73 Å². The molecule has 1 saturated carbocycles. The van der Waals surface area contributed by atoms with Crippen molar-refractivity contribution < 1.29 is 4.79 Å². The van der Waals surface area contributed by atoms with E-state index in [1.165, 1.54) is 6.42 Å². The highest BCUT2D eigenvalue weighted by molar-refractivity contribution is 5.90. The molecule has 92 valence electrons. The number of urea groups is 1. The van der Waals surface area contributed by atoms with E-state index in [1.54, 1.807) is 0 Å². The summed E-state index contributed by atoms with van der Waals surface area (Å²) in [7, 11) is 0. The normalized spacial score (nSPS) is 17.1. The summed E-state index contributed by atoms with van der Waals surface area (Å²) in [5.41, 5.74) is 7.60. The molecule has 4 nitrogen and oxygen atoms in total. The van der Waals surface area contributed by atoms with Crippen molar-refractivity contribution in [1.29, 1.82) is 0 Å². The Kier molecular flexibility index (Phi) is 3.64. The SMILES string of the molecule is CC(N)c1ccccc1NC(=O)NC1CCC1. The lowest BCUT2D eigenvalue weighted by Gasteiger charge is -2.26. The largest absolute Gasteiger partial charge is 0.335 e. The highest BCUT2D eigenvalue weighted by Crippen LogP contribution is 2.21. The van der Waals surface area contributed by atoms with Crippen LogP contribution in [0.15, 0.2) is 24.3 Å². The molecule has 1 aromatic carbocycles. The van der Waals surface area contributed by atoms with Crippen LogP contribution in [0.4, 0.5) is 10.5 Å². The van der Waals surface area contributed by atoms with E-state index in [1.807, 2.05) is 31.2 Å². The third-order valence-electron chi connectivity index (χ3n) is 3.14. The number of anilines is 1. The van der Waals surface area contributed by atoms with Gasteiger partial charge in [0.15, 0.2) is 0 Å². The Labute approximate surface area is 102 Å². The van der Waals surface area contributed by atoms with Crippen molar-refractivity contribution in [1.82, 2.24) is 5.32 Å². The quantitative estimate of drug-likeness (QED) is 0.750. The van der Waals surface area contributed by atoms with Crippen LogP contribution in [0, 0.1) is 0 Å². The van der Waals surface area contributed by atoms with Crippen LogP contribution in [0.1, 0.15) is 37.8 Å². The van der Waals surface area contributed by atoms with Gasteiger partial charge in [0.1, 0.15) is 0 Å². The molecule has 0 aliphatic heterocycles. The van der Waals surface area contributed by atoms with Crippen molar-refractivity contribution in [2.45, 2.75) is 38.3 Å². The number of hydrogen-bond donors (Lipinski definition) is 3. The molecule has 1 fully saturated rings. The first-order chi connectivity index (χ1) is 8.16. The molecule has 0 spiro atoms. The molecule has 2 rings (SSSR count). The van der Waals surface area contributed by atoms with Crippen LogP contribution >= 0.6 is 0 Å². The van der Waals surface area contributed by atoms with Gasteiger partial charge in [0.05, 0.1) is 0 Å². The average molecular weight is 233 g/mol. The summed E-state index contributed by atoms with van der Waals surface area (Å²) in [4.78, 5) is 11.7. The van der Waals surface area contributed by atoms with Gasteiger partial charge < -0.3 is 16.4 Å². The molecule has 0 aromatic heterocycles. The minimum atomic E-state index is -0.136. The van der Waals surface area contributed by atoms with Crippen molar-refractivity contribution in [2.24, 2.45) is 5.73 Å². The van der Waals surface area contributed by atoms with Gasteiger partial charge in [-0.1, -0.05) is 18.2 Å². The molecule has 0 heterocycles. The molecule has 0 radical (unpaired) electrons. The number of para-hydroxylation sites is 1. The molecule has 1 aliphatic carbocycles. The second-order valence-corrected chi connectivity index (χ2v) is 4.60. The van der Waals surface area contributed by atoms with E-state index in [-0.39, 0.29) is 12.1 Å². The lowest BCUT2D eigenvalue weighted by molar-refractivity contribution is 0.240. The van der Waals surface area contributed by atoms with E-state index >= 15 is 0 Å². The molecule has 17 heavy (non-hydrogen) atoms. The van der Waals surface area contributed by atoms with Crippen LogP contribution in [0.25, 0.3) is 0 Å². The monoisotopic (exact) mass is 233 g/mol. The predicted molar refractivity (Wildman–Crippen MR) is 68.8 cm³/mol. The third kappa shape index (κ3) is 2.97. The Morgan fingerprint density at radius 3 is 2.71 bits per heavy atom. The Hall–Kier alpha value is -1.55. The molecule has 0 bridgehead atoms. The summed E-state index contributed by atoms with van der Waals surface area (Å²) >= 11 is 0. The number of benzene rings is 1. The van der Waals surface area contributed by atoms with Gasteiger partial charge in [-0.3, -0.25) is 0 Å². The molecule has 1 aromatic rings. The number of amides is 2. The Bertz CT molecular complexity index is 399. The van der Waals surface area contributed by atoms with Gasteiger partial charge in [0.2, 0.25) is 0 Å². The first-order valence-electron chi connectivity index (χ1n) is 6.09. The van der Waals surface area contributed by atoms with Crippen molar-refractivity contribution in [2.75, 3.05) is 5.32 Å². The van der Waals surface area contributed by atoms with Crippen molar-refractivity contribution in [3.63, 3.8) is 0 Å². The highest BCUT2D eigenvalue weighted by Gasteiger charge is 2.19. The lowest BCUT2D eigenvalue weighted by Crippen LogP contribution is -2.42. The number of carbonyl (C=O) groups excluding carboxylic acids is 1. The fraction of sp³-hybridized carbons (Fsp3) is 0.462. The predicted octanol–water partition coefficient (Wildman–Crippen LogP) is 2.38. The van der Waals surface area contributed by atoms with Crippen molar-refractivity contribution >= 4 is 11.7 Å². The Morgan fingerprint density at radius 1 is 1.41 bits per heavy atom. The summed E-state index contributed by atoms with van der Waals surface area (Å²) in [6, 6.07) is 7.75. The molecule has 2 amide bonds. The van der Waals surface area contributed by atoms with E-state index in [0.717, 1.165) is 24.1 Å². The summed E-state index contributed by atoms with van der Waals surface area (Å²) in [5.74, 6) is 0. The molecule has 0 saturated heterocycles. The van der Waals surface area contributed by atoms with Crippen LogP contribution in [0.3, 0.4) is 0 Å². The second kappa shape index (κ2) is 5.19. The topological polar surface area (TPSA) is 67.1 Å². The smallest absolute Gasteiger partial charge is 0.319 e. The van der Waals surface area contributed by atoms with Crippen LogP contribution in [0.5, 0.6) is 0 Å². The summed E-state index contributed by atoms with van der Waals surface area (Å²) < 4.78 is 0. The van der Waals surface area contributed by atoms with Crippen molar-refractivity contribution in [3.05, 3.63) is 29.8 Å². The van der Waals surface area contributed by atoms with Gasteiger partial charge in [0, 0.05) is 17.8 Å². The van der Waals surface area contributed by atoms with Crippen LogP contribution in [-0.2, 0) is 0 Å². The summed E-state index contributed by atoms with van der Waals surface area (Å²) in [5, 5.41) is 5.80. The molecular weight excluding hydrogens is 214 g/mol. The number of nitrogens with two attached hydrogens (primary N) is 1. The molecule has 4 heteroatoms. The van der Waals surface area contributed by atoms with Gasteiger partial charge in [0.25, 0.3) is 0 Å². The number of hydrogen-bond acceptors (Lipinski definition) is 2. The second-order valence-electron chi connectivity index (χ2n) is 4.60.